The number of hydrogen-bond donors (Lipinski definition) is 2. The zero-order valence-corrected chi connectivity index (χ0v) is 10.3. The van der Waals surface area contributed by atoms with E-state index in [9.17, 15) is 22.4 Å². The normalized spacial score (nSPS) is 11.4. The van der Waals surface area contributed by atoms with Crippen LogP contribution in [0.5, 0.6) is 0 Å². The van der Waals surface area contributed by atoms with Crippen molar-refractivity contribution in [3.05, 3.63) is 46.5 Å². The van der Waals surface area contributed by atoms with Gasteiger partial charge in [-0.1, -0.05) is 11.6 Å². The van der Waals surface area contributed by atoms with Crippen LogP contribution in [0.3, 0.4) is 0 Å². The monoisotopic (exact) mass is 307 g/mol. The summed E-state index contributed by atoms with van der Waals surface area (Å²) in [4.78, 5) is 11.6. The maximum atomic E-state index is 12.6. The van der Waals surface area contributed by atoms with Crippen molar-refractivity contribution in [3.8, 4) is 0 Å². The van der Waals surface area contributed by atoms with Crippen LogP contribution < -0.4 is 5.32 Å². The van der Waals surface area contributed by atoms with Crippen LogP contribution in [0.15, 0.2) is 24.3 Å². The number of nitrogens with one attached hydrogen (secondary N) is 2. The minimum Gasteiger partial charge on any atom is -0.321 e. The Labute approximate surface area is 114 Å². The molecule has 0 aliphatic rings. The molecule has 2 rings (SSSR count). The molecule has 106 valence electrons. The highest BCUT2D eigenvalue weighted by Gasteiger charge is 2.33. The van der Waals surface area contributed by atoms with Crippen LogP contribution >= 0.6 is 11.6 Å². The van der Waals surface area contributed by atoms with Crippen LogP contribution in [0.25, 0.3) is 0 Å². The predicted octanol–water partition coefficient (Wildman–Crippen LogP) is 3.47. The van der Waals surface area contributed by atoms with Gasteiger partial charge in [-0.3, -0.25) is 9.89 Å². The first-order chi connectivity index (χ1) is 9.27. The number of H-pyrrole nitrogens is 1. The van der Waals surface area contributed by atoms with Gasteiger partial charge < -0.3 is 5.32 Å². The van der Waals surface area contributed by atoms with E-state index in [1.54, 1.807) is 0 Å². The van der Waals surface area contributed by atoms with E-state index in [1.165, 1.54) is 6.07 Å². The molecule has 4 nitrogen and oxygen atoms in total. The largest absolute Gasteiger partial charge is 0.417 e. The highest BCUT2D eigenvalue weighted by Crippen LogP contribution is 2.36. The van der Waals surface area contributed by atoms with Crippen LogP contribution in [0.1, 0.15) is 16.1 Å². The fraction of sp³-hybridized carbons (Fsp3) is 0.0909. The molecule has 0 aliphatic carbocycles. The Balaban J connectivity index is 2.24. The molecule has 1 aromatic heterocycles. The number of nitrogens with zero attached hydrogens (tertiary/aromatic N) is 1. The first-order valence-electron chi connectivity index (χ1n) is 5.16. The standard InChI is InChI=1S/C11H6ClF4N3O/c12-7-2-1-5(3-6(7)11(14,15)16)17-10(20)8-4-9(13)19-18-8/h1-4H,(H,17,20)(H,18,19). The molecule has 0 saturated carbocycles. The number of carbonyl (C=O) groups excluding carboxylic acids is 1. The Bertz CT molecular complexity index is 653. The third kappa shape index (κ3) is 3.08. The van der Waals surface area contributed by atoms with Gasteiger partial charge in [-0.2, -0.15) is 22.7 Å². The van der Waals surface area contributed by atoms with Gasteiger partial charge in [0.15, 0.2) is 5.69 Å². The lowest BCUT2D eigenvalue weighted by atomic mass is 10.2. The van der Waals surface area contributed by atoms with E-state index < -0.39 is 28.6 Å². The van der Waals surface area contributed by atoms with Crippen molar-refractivity contribution in [3.63, 3.8) is 0 Å². The van der Waals surface area contributed by atoms with Crippen molar-refractivity contribution in [2.75, 3.05) is 5.32 Å². The van der Waals surface area contributed by atoms with Gasteiger partial charge in [0.25, 0.3) is 5.91 Å². The molecule has 0 unspecified atom stereocenters. The van der Waals surface area contributed by atoms with Crippen molar-refractivity contribution in [2.24, 2.45) is 0 Å². The third-order valence-electron chi connectivity index (χ3n) is 2.31. The maximum Gasteiger partial charge on any atom is 0.417 e. The first-order valence-corrected chi connectivity index (χ1v) is 5.54. The molecule has 0 saturated heterocycles. The number of benzene rings is 1. The van der Waals surface area contributed by atoms with Gasteiger partial charge in [-0.05, 0) is 18.2 Å². The Morgan fingerprint density at radius 3 is 2.55 bits per heavy atom. The van der Waals surface area contributed by atoms with Gasteiger partial charge in [0.2, 0.25) is 5.95 Å². The number of alkyl halides is 3. The zero-order chi connectivity index (χ0) is 14.9. The molecule has 1 amide bonds. The van der Waals surface area contributed by atoms with E-state index in [0.29, 0.717) is 6.07 Å². The van der Waals surface area contributed by atoms with Gasteiger partial charge in [0, 0.05) is 11.8 Å². The smallest absolute Gasteiger partial charge is 0.321 e. The summed E-state index contributed by atoms with van der Waals surface area (Å²) in [5.74, 6) is -1.68. The summed E-state index contributed by atoms with van der Waals surface area (Å²) in [5, 5.41) is 6.92. The van der Waals surface area contributed by atoms with E-state index in [2.05, 4.69) is 10.4 Å². The minimum absolute atomic E-state index is 0.130. The number of aromatic nitrogens is 2. The molecule has 2 aromatic rings. The molecule has 0 atom stereocenters. The minimum atomic E-state index is -4.64. The molecular formula is C11H6ClF4N3O. The van der Waals surface area contributed by atoms with Crippen molar-refractivity contribution in [2.45, 2.75) is 6.18 Å². The first kappa shape index (κ1) is 14.3. The van der Waals surface area contributed by atoms with Gasteiger partial charge in [-0.15, -0.1) is 0 Å². The Morgan fingerprint density at radius 2 is 2.00 bits per heavy atom. The zero-order valence-electron chi connectivity index (χ0n) is 9.55. The van der Waals surface area contributed by atoms with E-state index in [4.69, 9.17) is 11.6 Å². The lowest BCUT2D eigenvalue weighted by Crippen LogP contribution is -2.14. The Morgan fingerprint density at radius 1 is 1.30 bits per heavy atom. The SMILES string of the molecule is O=C(Nc1ccc(Cl)c(C(F)(F)F)c1)c1cc(F)[nH]n1. The quantitative estimate of drug-likeness (QED) is 0.835. The number of amides is 1. The Kier molecular flexibility index (Phi) is 3.67. The van der Waals surface area contributed by atoms with Crippen molar-refractivity contribution < 1.29 is 22.4 Å². The van der Waals surface area contributed by atoms with E-state index in [0.717, 1.165) is 12.1 Å². The number of hydrogen-bond acceptors (Lipinski definition) is 2. The average Bonchev–Trinajstić information content (AvgIpc) is 2.77. The van der Waals surface area contributed by atoms with Crippen LogP contribution in [-0.2, 0) is 6.18 Å². The van der Waals surface area contributed by atoms with Crippen molar-refractivity contribution in [1.82, 2.24) is 10.2 Å². The third-order valence-corrected chi connectivity index (χ3v) is 2.64. The van der Waals surface area contributed by atoms with Crippen LogP contribution in [-0.4, -0.2) is 16.1 Å². The summed E-state index contributed by atoms with van der Waals surface area (Å²) < 4.78 is 50.5. The van der Waals surface area contributed by atoms with Gasteiger partial charge in [0.1, 0.15) is 0 Å². The fourth-order valence-electron chi connectivity index (χ4n) is 1.43. The molecule has 0 fully saturated rings. The van der Waals surface area contributed by atoms with E-state index >= 15 is 0 Å². The summed E-state index contributed by atoms with van der Waals surface area (Å²) >= 11 is 5.44. The fourth-order valence-corrected chi connectivity index (χ4v) is 1.65. The summed E-state index contributed by atoms with van der Waals surface area (Å²) in [6.45, 7) is 0. The number of anilines is 1. The maximum absolute atomic E-state index is 12.6. The lowest BCUT2D eigenvalue weighted by molar-refractivity contribution is -0.137. The number of rotatable bonds is 2. The van der Waals surface area contributed by atoms with Crippen molar-refractivity contribution in [1.29, 1.82) is 0 Å². The highest BCUT2D eigenvalue weighted by molar-refractivity contribution is 6.31. The van der Waals surface area contributed by atoms with E-state index in [-0.39, 0.29) is 11.4 Å². The molecule has 1 heterocycles. The topological polar surface area (TPSA) is 57.8 Å². The summed E-state index contributed by atoms with van der Waals surface area (Å²) in [6, 6.07) is 3.70. The van der Waals surface area contributed by atoms with Crippen LogP contribution in [0.2, 0.25) is 5.02 Å². The van der Waals surface area contributed by atoms with Gasteiger partial charge >= 0.3 is 6.18 Å². The molecular weight excluding hydrogens is 302 g/mol. The van der Waals surface area contributed by atoms with Gasteiger partial charge in [-0.25, -0.2) is 0 Å². The summed E-state index contributed by atoms with van der Waals surface area (Å²) in [6.07, 6.45) is -4.64. The van der Waals surface area contributed by atoms with Crippen molar-refractivity contribution >= 4 is 23.2 Å². The molecule has 0 radical (unpaired) electrons. The molecule has 2 N–H and O–H groups in total. The van der Waals surface area contributed by atoms with Gasteiger partial charge in [0.05, 0.1) is 10.6 Å². The van der Waals surface area contributed by atoms with Crippen LogP contribution in [0, 0.1) is 5.95 Å². The summed E-state index contributed by atoms with van der Waals surface area (Å²) in [7, 11) is 0. The predicted molar refractivity (Wildman–Crippen MR) is 63.0 cm³/mol. The molecule has 0 aliphatic heterocycles. The van der Waals surface area contributed by atoms with Crippen LogP contribution in [0.4, 0.5) is 23.2 Å². The number of aromatic amines is 1. The second kappa shape index (κ2) is 5.12. The average molecular weight is 308 g/mol. The molecule has 0 bridgehead atoms. The second-order valence-corrected chi connectivity index (χ2v) is 4.15. The second-order valence-electron chi connectivity index (χ2n) is 3.75. The molecule has 0 spiro atoms. The molecule has 20 heavy (non-hydrogen) atoms. The summed E-state index contributed by atoms with van der Waals surface area (Å²) in [5.41, 5.74) is -1.49. The Hall–Kier alpha value is -2.09. The number of carbonyl (C=O) groups is 1. The lowest BCUT2D eigenvalue weighted by Gasteiger charge is -2.11. The molecule has 1 aromatic carbocycles. The van der Waals surface area contributed by atoms with E-state index in [1.807, 2.05) is 5.10 Å². The highest BCUT2D eigenvalue weighted by atomic mass is 35.5. The number of halogens is 5. The molecule has 9 heteroatoms.